The number of carbonyl (C=O) groups excluding carboxylic acids is 2. The van der Waals surface area contributed by atoms with E-state index in [1.54, 1.807) is 0 Å². The van der Waals surface area contributed by atoms with Gasteiger partial charge in [0, 0.05) is 25.1 Å². The van der Waals surface area contributed by atoms with Gasteiger partial charge in [0.15, 0.2) is 0 Å². The van der Waals surface area contributed by atoms with Crippen molar-refractivity contribution in [1.82, 2.24) is 4.90 Å². The number of methoxy groups -OCH3 is 1. The standard InChI is InChI=1S/C16H25NO3/c1-20-16(19)11-5-4-10-15(18)17-12-6-8-13-7-2-3-9-14(13)17/h9,13H,2-8,10-12H2,1H3. The minimum atomic E-state index is -0.189. The molecule has 1 aliphatic heterocycles. The fraction of sp³-hybridized carbons (Fsp3) is 0.750. The van der Waals surface area contributed by atoms with Gasteiger partial charge in [-0.05, 0) is 50.9 Å². The first-order chi connectivity index (χ1) is 9.72. The maximum absolute atomic E-state index is 12.3. The molecule has 0 saturated carbocycles. The number of fused-ring (bicyclic) bond motifs is 1. The van der Waals surface area contributed by atoms with Crippen molar-refractivity contribution in [3.8, 4) is 0 Å². The van der Waals surface area contributed by atoms with Crippen LogP contribution in [0.15, 0.2) is 11.8 Å². The zero-order valence-electron chi connectivity index (χ0n) is 12.4. The van der Waals surface area contributed by atoms with E-state index >= 15 is 0 Å². The maximum atomic E-state index is 12.3. The summed E-state index contributed by atoms with van der Waals surface area (Å²) in [6.45, 7) is 0.873. The van der Waals surface area contributed by atoms with Crippen molar-refractivity contribution >= 4 is 11.9 Å². The number of likely N-dealkylation sites (tertiary alicyclic amines) is 1. The van der Waals surface area contributed by atoms with Crippen LogP contribution in [0.3, 0.4) is 0 Å². The van der Waals surface area contributed by atoms with Gasteiger partial charge in [-0.2, -0.15) is 0 Å². The Morgan fingerprint density at radius 1 is 1.25 bits per heavy atom. The van der Waals surface area contributed by atoms with E-state index in [9.17, 15) is 9.59 Å². The van der Waals surface area contributed by atoms with Crippen LogP contribution in [0.2, 0.25) is 0 Å². The van der Waals surface area contributed by atoms with Gasteiger partial charge in [-0.1, -0.05) is 6.08 Å². The molecule has 4 heteroatoms. The highest BCUT2D eigenvalue weighted by Crippen LogP contribution is 2.35. The number of hydrogen-bond acceptors (Lipinski definition) is 3. The van der Waals surface area contributed by atoms with Gasteiger partial charge in [-0.15, -0.1) is 0 Å². The summed E-state index contributed by atoms with van der Waals surface area (Å²) in [7, 11) is 1.40. The van der Waals surface area contributed by atoms with Gasteiger partial charge in [-0.3, -0.25) is 9.59 Å². The van der Waals surface area contributed by atoms with E-state index in [-0.39, 0.29) is 11.9 Å². The first-order valence-electron chi connectivity index (χ1n) is 7.79. The van der Waals surface area contributed by atoms with Crippen LogP contribution in [0, 0.1) is 5.92 Å². The molecule has 0 N–H and O–H groups in total. The van der Waals surface area contributed by atoms with E-state index in [0.717, 1.165) is 32.2 Å². The number of unbranched alkanes of at least 4 members (excludes halogenated alkanes) is 1. The number of hydrogen-bond donors (Lipinski definition) is 0. The molecule has 1 amide bonds. The molecule has 0 spiro atoms. The van der Waals surface area contributed by atoms with Gasteiger partial charge in [0.25, 0.3) is 0 Å². The molecule has 112 valence electrons. The molecule has 0 aromatic carbocycles. The van der Waals surface area contributed by atoms with Crippen LogP contribution in [0.25, 0.3) is 0 Å². The quantitative estimate of drug-likeness (QED) is 0.574. The third kappa shape index (κ3) is 3.84. The fourth-order valence-electron chi connectivity index (χ4n) is 3.23. The molecule has 20 heavy (non-hydrogen) atoms. The van der Waals surface area contributed by atoms with Crippen molar-refractivity contribution in [3.63, 3.8) is 0 Å². The molecule has 0 aromatic rings. The third-order valence-electron chi connectivity index (χ3n) is 4.32. The lowest BCUT2D eigenvalue weighted by Gasteiger charge is -2.38. The summed E-state index contributed by atoms with van der Waals surface area (Å²) < 4.78 is 4.60. The summed E-state index contributed by atoms with van der Waals surface area (Å²) in [4.78, 5) is 25.4. The molecule has 2 rings (SSSR count). The maximum Gasteiger partial charge on any atom is 0.305 e. The summed E-state index contributed by atoms with van der Waals surface area (Å²) in [5.41, 5.74) is 1.28. The van der Waals surface area contributed by atoms with Crippen molar-refractivity contribution in [3.05, 3.63) is 11.8 Å². The lowest BCUT2D eigenvalue weighted by molar-refractivity contribution is -0.141. The van der Waals surface area contributed by atoms with E-state index in [0.29, 0.717) is 18.8 Å². The minimum Gasteiger partial charge on any atom is -0.469 e. The van der Waals surface area contributed by atoms with Crippen molar-refractivity contribution < 1.29 is 14.3 Å². The molecule has 0 aromatic heterocycles. The molecule has 0 bridgehead atoms. The molecule has 1 aliphatic carbocycles. The van der Waals surface area contributed by atoms with Crippen LogP contribution in [0.1, 0.15) is 57.8 Å². The monoisotopic (exact) mass is 279 g/mol. The van der Waals surface area contributed by atoms with Crippen LogP contribution >= 0.6 is 0 Å². The van der Waals surface area contributed by atoms with E-state index in [1.807, 2.05) is 4.90 Å². The molecule has 0 radical (unpaired) electrons. The first-order valence-corrected chi connectivity index (χ1v) is 7.79. The van der Waals surface area contributed by atoms with Crippen LogP contribution in [-0.2, 0) is 14.3 Å². The second kappa shape index (κ2) is 7.46. The predicted octanol–water partition coefficient (Wildman–Crippen LogP) is 3.03. The molecule has 1 unspecified atom stereocenters. The molecule has 1 fully saturated rings. The lowest BCUT2D eigenvalue weighted by atomic mass is 9.85. The summed E-state index contributed by atoms with van der Waals surface area (Å²) in [5, 5.41) is 0. The number of piperidine rings is 1. The van der Waals surface area contributed by atoms with E-state index in [1.165, 1.54) is 32.1 Å². The molecular formula is C16H25NO3. The highest BCUT2D eigenvalue weighted by Gasteiger charge is 2.29. The Morgan fingerprint density at radius 3 is 2.80 bits per heavy atom. The Morgan fingerprint density at radius 2 is 2.00 bits per heavy atom. The van der Waals surface area contributed by atoms with Crippen molar-refractivity contribution in [2.45, 2.75) is 57.8 Å². The number of carbonyl (C=O) groups is 2. The first kappa shape index (κ1) is 15.1. The Labute approximate surface area is 121 Å². The largest absolute Gasteiger partial charge is 0.469 e. The zero-order valence-corrected chi connectivity index (χ0v) is 12.4. The fourth-order valence-corrected chi connectivity index (χ4v) is 3.23. The van der Waals surface area contributed by atoms with Crippen LogP contribution in [0.5, 0.6) is 0 Å². The number of allylic oxidation sites excluding steroid dienone is 2. The topological polar surface area (TPSA) is 46.6 Å². The predicted molar refractivity (Wildman–Crippen MR) is 76.9 cm³/mol. The number of amides is 1. The third-order valence-corrected chi connectivity index (χ3v) is 4.32. The van der Waals surface area contributed by atoms with Crippen molar-refractivity contribution in [2.24, 2.45) is 5.92 Å². The Hall–Kier alpha value is -1.32. The number of nitrogens with zero attached hydrogens (tertiary/aromatic N) is 1. The molecule has 1 atom stereocenters. The minimum absolute atomic E-state index is 0.189. The van der Waals surface area contributed by atoms with Gasteiger partial charge in [-0.25, -0.2) is 0 Å². The number of ether oxygens (including phenoxy) is 1. The Kier molecular flexibility index (Phi) is 5.62. The van der Waals surface area contributed by atoms with Crippen LogP contribution in [-0.4, -0.2) is 30.4 Å². The van der Waals surface area contributed by atoms with Gasteiger partial charge < -0.3 is 9.64 Å². The van der Waals surface area contributed by atoms with Crippen molar-refractivity contribution in [2.75, 3.05) is 13.7 Å². The highest BCUT2D eigenvalue weighted by molar-refractivity contribution is 5.78. The molecule has 1 heterocycles. The summed E-state index contributed by atoms with van der Waals surface area (Å²) in [6.07, 6.45) is 10.7. The Bertz CT molecular complexity index is 389. The van der Waals surface area contributed by atoms with Crippen LogP contribution < -0.4 is 0 Å². The molecular weight excluding hydrogens is 254 g/mol. The van der Waals surface area contributed by atoms with Crippen LogP contribution in [0.4, 0.5) is 0 Å². The normalized spacial score (nSPS) is 21.9. The number of esters is 1. The van der Waals surface area contributed by atoms with E-state index < -0.39 is 0 Å². The lowest BCUT2D eigenvalue weighted by Crippen LogP contribution is -2.38. The van der Waals surface area contributed by atoms with Gasteiger partial charge >= 0.3 is 5.97 Å². The van der Waals surface area contributed by atoms with E-state index in [2.05, 4.69) is 10.8 Å². The second-order valence-corrected chi connectivity index (χ2v) is 5.73. The van der Waals surface area contributed by atoms with E-state index in [4.69, 9.17) is 0 Å². The summed E-state index contributed by atoms with van der Waals surface area (Å²) in [5.74, 6) is 0.648. The average Bonchev–Trinajstić information content (AvgIpc) is 2.50. The zero-order chi connectivity index (χ0) is 14.4. The molecule has 4 nitrogen and oxygen atoms in total. The SMILES string of the molecule is COC(=O)CCCCC(=O)N1CCCC2CCCC=C21. The summed E-state index contributed by atoms with van der Waals surface area (Å²) >= 11 is 0. The molecule has 2 aliphatic rings. The Balaban J connectivity index is 1.79. The highest BCUT2D eigenvalue weighted by atomic mass is 16.5. The summed E-state index contributed by atoms with van der Waals surface area (Å²) in [6, 6.07) is 0. The van der Waals surface area contributed by atoms with Gasteiger partial charge in [0.1, 0.15) is 0 Å². The van der Waals surface area contributed by atoms with Crippen molar-refractivity contribution in [1.29, 1.82) is 0 Å². The van der Waals surface area contributed by atoms with Gasteiger partial charge in [0.05, 0.1) is 7.11 Å². The smallest absolute Gasteiger partial charge is 0.305 e. The molecule has 1 saturated heterocycles. The second-order valence-electron chi connectivity index (χ2n) is 5.73. The number of rotatable bonds is 5. The average molecular weight is 279 g/mol. The van der Waals surface area contributed by atoms with Gasteiger partial charge in [0.2, 0.25) is 5.91 Å².